The molecule has 0 radical (unpaired) electrons. The molecule has 2 heterocycles. The maximum atomic E-state index is 8.88. The number of aromatic nitrogens is 2. The Kier molecular flexibility index (Phi) is 6.01. The summed E-state index contributed by atoms with van der Waals surface area (Å²) in [5.74, 6) is 0.678. The molecule has 5 heteroatoms. The maximum absolute atomic E-state index is 8.88. The largest absolute Gasteiger partial charge is 0.394 e. The van der Waals surface area contributed by atoms with Gasteiger partial charge in [-0.05, 0) is 31.8 Å². The summed E-state index contributed by atoms with van der Waals surface area (Å²) in [6, 6.07) is 0.630. The normalized spacial score (nSPS) is 18.0. The first kappa shape index (κ1) is 15.5. The lowest BCUT2D eigenvalue weighted by Gasteiger charge is -2.31. The summed E-state index contributed by atoms with van der Waals surface area (Å²) < 4.78 is 1.79. The number of aliphatic hydroxyl groups is 1. The molecular weight excluding hydrogens is 252 g/mol. The molecular formula is C15H28N4O. The fourth-order valence-electron chi connectivity index (χ4n) is 2.95. The summed E-state index contributed by atoms with van der Waals surface area (Å²) in [6.45, 7) is 9.71. The van der Waals surface area contributed by atoms with E-state index in [4.69, 9.17) is 5.11 Å². The molecule has 0 bridgehead atoms. The Morgan fingerprint density at radius 3 is 2.75 bits per heavy atom. The first-order chi connectivity index (χ1) is 9.70. The highest BCUT2D eigenvalue weighted by Crippen LogP contribution is 2.17. The van der Waals surface area contributed by atoms with Crippen molar-refractivity contribution in [1.29, 1.82) is 0 Å². The summed E-state index contributed by atoms with van der Waals surface area (Å²) >= 11 is 0. The minimum atomic E-state index is 0.138. The smallest absolute Gasteiger partial charge is 0.0640 e. The predicted molar refractivity (Wildman–Crippen MR) is 80.5 cm³/mol. The molecule has 2 N–H and O–H groups in total. The van der Waals surface area contributed by atoms with Crippen molar-refractivity contribution >= 4 is 0 Å². The number of rotatable bonds is 8. The Morgan fingerprint density at radius 1 is 1.35 bits per heavy atom. The van der Waals surface area contributed by atoms with Crippen LogP contribution in [0.25, 0.3) is 0 Å². The minimum absolute atomic E-state index is 0.138. The number of hydrogen-bond acceptors (Lipinski definition) is 4. The van der Waals surface area contributed by atoms with Crippen LogP contribution in [0.15, 0.2) is 12.4 Å². The van der Waals surface area contributed by atoms with Crippen molar-refractivity contribution < 1.29 is 5.11 Å². The molecule has 2 rings (SSSR count). The zero-order valence-electron chi connectivity index (χ0n) is 12.8. The van der Waals surface area contributed by atoms with Crippen molar-refractivity contribution in [2.45, 2.75) is 45.8 Å². The second-order valence-electron chi connectivity index (χ2n) is 6.02. The maximum Gasteiger partial charge on any atom is 0.0640 e. The third kappa shape index (κ3) is 4.30. The van der Waals surface area contributed by atoms with E-state index in [2.05, 4.69) is 29.2 Å². The van der Waals surface area contributed by atoms with Crippen molar-refractivity contribution in [3.63, 3.8) is 0 Å². The van der Waals surface area contributed by atoms with E-state index in [1.54, 1.807) is 4.68 Å². The highest BCUT2D eigenvalue weighted by atomic mass is 16.3. The van der Waals surface area contributed by atoms with E-state index in [1.807, 2.05) is 12.4 Å². The van der Waals surface area contributed by atoms with Gasteiger partial charge in [0, 0.05) is 30.9 Å². The molecule has 1 aliphatic heterocycles. The number of aliphatic hydroxyl groups excluding tert-OH is 1. The second-order valence-corrected chi connectivity index (χ2v) is 6.02. The lowest BCUT2D eigenvalue weighted by molar-refractivity contribution is 0.186. The van der Waals surface area contributed by atoms with Gasteiger partial charge in [0.05, 0.1) is 19.3 Å². The summed E-state index contributed by atoms with van der Waals surface area (Å²) in [4.78, 5) is 2.62. The third-order valence-corrected chi connectivity index (χ3v) is 4.08. The van der Waals surface area contributed by atoms with Crippen LogP contribution in [0.4, 0.5) is 0 Å². The summed E-state index contributed by atoms with van der Waals surface area (Å²) in [7, 11) is 0. The quantitative estimate of drug-likeness (QED) is 0.748. The van der Waals surface area contributed by atoms with E-state index in [-0.39, 0.29) is 6.61 Å². The van der Waals surface area contributed by atoms with Crippen LogP contribution < -0.4 is 5.32 Å². The first-order valence-corrected chi connectivity index (χ1v) is 7.77. The highest BCUT2D eigenvalue weighted by molar-refractivity contribution is 5.03. The number of nitrogens with one attached hydrogen (secondary N) is 1. The molecule has 1 saturated heterocycles. The second kappa shape index (κ2) is 7.76. The molecule has 0 aliphatic carbocycles. The zero-order valence-corrected chi connectivity index (χ0v) is 12.8. The summed E-state index contributed by atoms with van der Waals surface area (Å²) in [5.41, 5.74) is 1.18. The molecule has 1 aromatic heterocycles. The topological polar surface area (TPSA) is 53.3 Å². The average Bonchev–Trinajstić information content (AvgIpc) is 3.06. The Morgan fingerprint density at radius 2 is 2.10 bits per heavy atom. The van der Waals surface area contributed by atoms with E-state index in [0.29, 0.717) is 18.5 Å². The van der Waals surface area contributed by atoms with Crippen LogP contribution in [0.5, 0.6) is 0 Å². The monoisotopic (exact) mass is 280 g/mol. The van der Waals surface area contributed by atoms with Crippen LogP contribution in [0.2, 0.25) is 0 Å². The van der Waals surface area contributed by atoms with Gasteiger partial charge in [0.2, 0.25) is 0 Å². The molecule has 1 atom stereocenters. The van der Waals surface area contributed by atoms with Gasteiger partial charge in [-0.15, -0.1) is 0 Å². The van der Waals surface area contributed by atoms with Crippen molar-refractivity contribution in [3.05, 3.63) is 18.0 Å². The number of hydrogen-bond donors (Lipinski definition) is 2. The molecule has 1 fully saturated rings. The van der Waals surface area contributed by atoms with E-state index < -0.39 is 0 Å². The van der Waals surface area contributed by atoms with Crippen LogP contribution in [-0.4, -0.2) is 52.1 Å². The Bertz CT molecular complexity index is 385. The molecule has 1 unspecified atom stereocenters. The van der Waals surface area contributed by atoms with E-state index >= 15 is 0 Å². The molecule has 114 valence electrons. The predicted octanol–water partition coefficient (Wildman–Crippen LogP) is 1.09. The van der Waals surface area contributed by atoms with Crippen molar-refractivity contribution in [2.24, 2.45) is 5.92 Å². The van der Waals surface area contributed by atoms with Gasteiger partial charge < -0.3 is 10.4 Å². The highest BCUT2D eigenvalue weighted by Gasteiger charge is 2.23. The van der Waals surface area contributed by atoms with Gasteiger partial charge in [0.1, 0.15) is 0 Å². The molecule has 0 saturated carbocycles. The Hall–Kier alpha value is -0.910. The molecule has 0 aromatic carbocycles. The van der Waals surface area contributed by atoms with E-state index in [9.17, 15) is 0 Å². The zero-order chi connectivity index (χ0) is 14.4. The summed E-state index contributed by atoms with van der Waals surface area (Å²) in [5, 5.41) is 16.7. The van der Waals surface area contributed by atoms with Crippen LogP contribution in [0, 0.1) is 5.92 Å². The van der Waals surface area contributed by atoms with Crippen LogP contribution in [0.3, 0.4) is 0 Å². The van der Waals surface area contributed by atoms with E-state index in [0.717, 1.165) is 13.1 Å². The Balaban J connectivity index is 1.77. The fraction of sp³-hybridized carbons (Fsp3) is 0.800. The van der Waals surface area contributed by atoms with Gasteiger partial charge in [0.15, 0.2) is 0 Å². The number of nitrogens with zero attached hydrogens (tertiary/aromatic N) is 3. The van der Waals surface area contributed by atoms with Crippen molar-refractivity contribution in [1.82, 2.24) is 20.0 Å². The first-order valence-electron chi connectivity index (χ1n) is 7.77. The van der Waals surface area contributed by atoms with Gasteiger partial charge in [-0.25, -0.2) is 0 Å². The molecule has 1 aromatic rings. The van der Waals surface area contributed by atoms with Crippen LogP contribution in [0.1, 0.15) is 32.3 Å². The molecule has 20 heavy (non-hydrogen) atoms. The molecule has 0 amide bonds. The van der Waals surface area contributed by atoms with Gasteiger partial charge in [0.25, 0.3) is 0 Å². The molecule has 0 spiro atoms. The standard InChI is InChI=1S/C15H28N4O/c1-13(2)15(18-5-3-4-6-18)11-16-9-14-10-17-19(12-14)7-8-20/h10,12-13,15-16,20H,3-9,11H2,1-2H3. The lowest BCUT2D eigenvalue weighted by atomic mass is 10.0. The molecule has 1 aliphatic rings. The summed E-state index contributed by atoms with van der Waals surface area (Å²) in [6.07, 6.45) is 6.57. The van der Waals surface area contributed by atoms with E-state index in [1.165, 1.54) is 31.5 Å². The lowest BCUT2D eigenvalue weighted by Crippen LogP contribution is -2.44. The van der Waals surface area contributed by atoms with Gasteiger partial charge >= 0.3 is 0 Å². The fourth-order valence-corrected chi connectivity index (χ4v) is 2.95. The average molecular weight is 280 g/mol. The van der Waals surface area contributed by atoms with Crippen molar-refractivity contribution in [3.8, 4) is 0 Å². The third-order valence-electron chi connectivity index (χ3n) is 4.08. The SMILES string of the molecule is CC(C)C(CNCc1cnn(CCO)c1)N1CCCC1. The van der Waals surface area contributed by atoms with Gasteiger partial charge in [-0.1, -0.05) is 13.8 Å². The Labute approximate surface area is 122 Å². The minimum Gasteiger partial charge on any atom is -0.394 e. The van der Waals surface area contributed by atoms with Gasteiger partial charge in [-0.2, -0.15) is 5.10 Å². The van der Waals surface area contributed by atoms with Crippen LogP contribution >= 0.6 is 0 Å². The number of likely N-dealkylation sites (tertiary alicyclic amines) is 1. The van der Waals surface area contributed by atoms with Crippen LogP contribution in [-0.2, 0) is 13.1 Å². The molecule has 5 nitrogen and oxygen atoms in total. The van der Waals surface area contributed by atoms with Gasteiger partial charge in [-0.3, -0.25) is 9.58 Å². The van der Waals surface area contributed by atoms with Crippen molar-refractivity contribution in [2.75, 3.05) is 26.2 Å².